The Morgan fingerprint density at radius 2 is 1.91 bits per heavy atom. The zero-order chi connectivity index (χ0) is 15.6. The Balaban J connectivity index is 1.87. The first kappa shape index (κ1) is 15.3. The predicted molar refractivity (Wildman–Crippen MR) is 83.3 cm³/mol. The normalized spacial score (nSPS) is 22.6. The summed E-state index contributed by atoms with van der Waals surface area (Å²) in [6.45, 7) is 4.12. The molecule has 2 fully saturated rings. The Morgan fingerprint density at radius 3 is 2.50 bits per heavy atom. The van der Waals surface area contributed by atoms with Crippen LogP contribution in [0, 0.1) is 5.41 Å². The molecule has 120 valence electrons. The molecule has 1 saturated carbocycles. The lowest BCUT2D eigenvalue weighted by Crippen LogP contribution is -2.45. The van der Waals surface area contributed by atoms with Crippen LogP contribution in [0.15, 0.2) is 24.3 Å². The van der Waals surface area contributed by atoms with Crippen molar-refractivity contribution in [2.75, 3.05) is 19.8 Å². The zero-order valence-corrected chi connectivity index (χ0v) is 13.1. The second-order valence-corrected chi connectivity index (χ2v) is 7.04. The molecule has 1 aromatic carbocycles. The Morgan fingerprint density at radius 1 is 1.23 bits per heavy atom. The fourth-order valence-electron chi connectivity index (χ4n) is 3.53. The number of hydrogen-bond acceptors (Lipinski definition) is 3. The van der Waals surface area contributed by atoms with Crippen molar-refractivity contribution in [2.24, 2.45) is 5.41 Å². The average Bonchev–Trinajstić information content (AvgIpc) is 2.52. The zero-order valence-electron chi connectivity index (χ0n) is 13.1. The van der Waals surface area contributed by atoms with E-state index in [1.807, 2.05) is 24.3 Å². The average molecular weight is 304 g/mol. The third kappa shape index (κ3) is 2.72. The van der Waals surface area contributed by atoms with Crippen molar-refractivity contribution < 1.29 is 19.4 Å². The van der Waals surface area contributed by atoms with E-state index in [9.17, 15) is 9.90 Å². The van der Waals surface area contributed by atoms with Gasteiger partial charge in [0.1, 0.15) is 5.75 Å². The highest BCUT2D eigenvalue weighted by Crippen LogP contribution is 2.44. The molecule has 22 heavy (non-hydrogen) atoms. The van der Waals surface area contributed by atoms with Crippen molar-refractivity contribution in [1.82, 2.24) is 0 Å². The van der Waals surface area contributed by atoms with Gasteiger partial charge in [0.05, 0.1) is 25.2 Å². The number of rotatable bonds is 5. The van der Waals surface area contributed by atoms with Gasteiger partial charge in [0.2, 0.25) is 0 Å². The number of para-hydroxylation sites is 1. The number of benzene rings is 1. The summed E-state index contributed by atoms with van der Waals surface area (Å²) < 4.78 is 11.3. The van der Waals surface area contributed by atoms with Crippen LogP contribution in [-0.2, 0) is 14.9 Å². The molecule has 0 spiro atoms. The second kappa shape index (κ2) is 5.92. The lowest BCUT2D eigenvalue weighted by atomic mass is 9.69. The molecule has 4 nitrogen and oxygen atoms in total. The number of aliphatic carboxylic acids is 1. The molecule has 1 N–H and O–H groups in total. The van der Waals surface area contributed by atoms with Crippen LogP contribution in [0.25, 0.3) is 0 Å². The van der Waals surface area contributed by atoms with Crippen LogP contribution in [-0.4, -0.2) is 30.9 Å². The third-order valence-electron chi connectivity index (χ3n) is 5.00. The molecule has 0 unspecified atom stereocenters. The maximum Gasteiger partial charge on any atom is 0.314 e. The van der Waals surface area contributed by atoms with Gasteiger partial charge in [0.25, 0.3) is 0 Å². The van der Waals surface area contributed by atoms with Crippen molar-refractivity contribution in [3.63, 3.8) is 0 Å². The molecule has 0 bridgehead atoms. The fourth-order valence-corrected chi connectivity index (χ4v) is 3.53. The first-order chi connectivity index (χ1) is 10.6. The summed E-state index contributed by atoms with van der Waals surface area (Å²) in [5, 5.41) is 9.88. The van der Waals surface area contributed by atoms with Gasteiger partial charge in [-0.05, 0) is 18.9 Å². The number of carboxylic acid groups (broad SMARTS) is 1. The SMILES string of the molecule is CC1(COc2ccccc2C2(C(=O)O)CCCCC2)COC1. The van der Waals surface area contributed by atoms with Gasteiger partial charge < -0.3 is 14.6 Å². The van der Waals surface area contributed by atoms with Gasteiger partial charge in [0.15, 0.2) is 0 Å². The Kier molecular flexibility index (Phi) is 4.13. The lowest BCUT2D eigenvalue weighted by Gasteiger charge is -2.39. The molecule has 1 aromatic rings. The van der Waals surface area contributed by atoms with E-state index in [4.69, 9.17) is 9.47 Å². The maximum atomic E-state index is 12.0. The number of ether oxygens (including phenoxy) is 2. The first-order valence-electron chi connectivity index (χ1n) is 8.09. The second-order valence-electron chi connectivity index (χ2n) is 7.04. The molecule has 2 aliphatic rings. The van der Waals surface area contributed by atoms with Crippen molar-refractivity contribution in [2.45, 2.75) is 44.4 Å². The van der Waals surface area contributed by atoms with Crippen LogP contribution in [0.3, 0.4) is 0 Å². The smallest absolute Gasteiger partial charge is 0.314 e. The Labute approximate surface area is 131 Å². The van der Waals surface area contributed by atoms with Crippen LogP contribution in [0.5, 0.6) is 5.75 Å². The van der Waals surface area contributed by atoms with Gasteiger partial charge in [0, 0.05) is 11.0 Å². The standard InChI is InChI=1S/C18H24O4/c1-17(11-21-12-17)13-22-15-8-4-3-7-14(15)18(16(19)20)9-5-2-6-10-18/h3-4,7-8H,2,5-6,9-13H2,1H3,(H,19,20). The minimum atomic E-state index is -0.786. The number of hydrogen-bond donors (Lipinski definition) is 1. The largest absolute Gasteiger partial charge is 0.493 e. The molecule has 1 aliphatic carbocycles. The third-order valence-corrected chi connectivity index (χ3v) is 5.00. The highest BCUT2D eigenvalue weighted by atomic mass is 16.5. The molecule has 1 heterocycles. The summed E-state index contributed by atoms with van der Waals surface area (Å²) >= 11 is 0. The maximum absolute atomic E-state index is 12.0. The number of carboxylic acids is 1. The fraction of sp³-hybridized carbons (Fsp3) is 0.611. The van der Waals surface area contributed by atoms with Gasteiger partial charge in [-0.15, -0.1) is 0 Å². The van der Waals surface area contributed by atoms with Crippen molar-refractivity contribution in [1.29, 1.82) is 0 Å². The summed E-state index contributed by atoms with van der Waals surface area (Å²) in [5.41, 5.74) is 0.105. The van der Waals surface area contributed by atoms with Gasteiger partial charge in [-0.1, -0.05) is 44.4 Å². The van der Waals surface area contributed by atoms with Crippen LogP contribution in [0.1, 0.15) is 44.6 Å². The van der Waals surface area contributed by atoms with E-state index >= 15 is 0 Å². The van der Waals surface area contributed by atoms with E-state index in [0.29, 0.717) is 32.7 Å². The summed E-state index contributed by atoms with van der Waals surface area (Å²) in [6, 6.07) is 7.65. The molecule has 1 aliphatic heterocycles. The molecule has 1 saturated heterocycles. The summed E-state index contributed by atoms with van der Waals surface area (Å²) in [6.07, 6.45) is 4.44. The molecular weight excluding hydrogens is 280 g/mol. The summed E-state index contributed by atoms with van der Waals surface area (Å²) in [5.74, 6) is 0.00126. The van der Waals surface area contributed by atoms with Crippen LogP contribution >= 0.6 is 0 Å². The molecule has 3 rings (SSSR count). The lowest BCUT2D eigenvalue weighted by molar-refractivity contribution is -0.145. The molecule has 0 aromatic heterocycles. The molecular formula is C18H24O4. The van der Waals surface area contributed by atoms with Crippen molar-refractivity contribution >= 4 is 5.97 Å². The van der Waals surface area contributed by atoms with Crippen LogP contribution in [0.4, 0.5) is 0 Å². The van der Waals surface area contributed by atoms with E-state index < -0.39 is 11.4 Å². The molecule has 0 atom stereocenters. The first-order valence-corrected chi connectivity index (χ1v) is 8.09. The minimum Gasteiger partial charge on any atom is -0.493 e. The molecule has 4 heteroatoms. The Bertz CT molecular complexity index is 542. The number of carbonyl (C=O) groups is 1. The van der Waals surface area contributed by atoms with Crippen molar-refractivity contribution in [3.05, 3.63) is 29.8 Å². The quantitative estimate of drug-likeness (QED) is 0.906. The van der Waals surface area contributed by atoms with E-state index in [-0.39, 0.29) is 5.41 Å². The predicted octanol–water partition coefficient (Wildman–Crippen LogP) is 3.39. The Hall–Kier alpha value is -1.55. The molecule has 0 radical (unpaired) electrons. The van der Waals surface area contributed by atoms with E-state index in [1.54, 1.807) is 0 Å². The van der Waals surface area contributed by atoms with E-state index in [0.717, 1.165) is 30.6 Å². The minimum absolute atomic E-state index is 0.0516. The van der Waals surface area contributed by atoms with Crippen LogP contribution < -0.4 is 4.74 Å². The van der Waals surface area contributed by atoms with Gasteiger partial charge in [-0.25, -0.2) is 0 Å². The van der Waals surface area contributed by atoms with E-state index in [1.165, 1.54) is 0 Å². The highest BCUT2D eigenvalue weighted by Gasteiger charge is 2.43. The molecule has 0 amide bonds. The van der Waals surface area contributed by atoms with E-state index in [2.05, 4.69) is 6.92 Å². The van der Waals surface area contributed by atoms with Gasteiger partial charge >= 0.3 is 5.97 Å². The highest BCUT2D eigenvalue weighted by molar-refractivity contribution is 5.82. The topological polar surface area (TPSA) is 55.8 Å². The summed E-state index contributed by atoms with van der Waals surface area (Å²) in [4.78, 5) is 12.0. The van der Waals surface area contributed by atoms with Crippen molar-refractivity contribution in [3.8, 4) is 5.75 Å². The van der Waals surface area contributed by atoms with Gasteiger partial charge in [-0.3, -0.25) is 4.79 Å². The van der Waals surface area contributed by atoms with Crippen LogP contribution in [0.2, 0.25) is 0 Å². The monoisotopic (exact) mass is 304 g/mol. The summed E-state index contributed by atoms with van der Waals surface area (Å²) in [7, 11) is 0. The van der Waals surface area contributed by atoms with Gasteiger partial charge in [-0.2, -0.15) is 0 Å².